The summed E-state index contributed by atoms with van der Waals surface area (Å²) < 4.78 is 16.4. The Balaban J connectivity index is 1.47. The molecule has 1 aliphatic rings. The summed E-state index contributed by atoms with van der Waals surface area (Å²) >= 11 is 1.77. The van der Waals surface area contributed by atoms with Gasteiger partial charge in [0.1, 0.15) is 5.82 Å². The summed E-state index contributed by atoms with van der Waals surface area (Å²) in [6.07, 6.45) is 5.16. The van der Waals surface area contributed by atoms with Crippen LogP contribution in [0.5, 0.6) is 0 Å². The minimum Gasteiger partial charge on any atom is -0.299 e. The maximum absolute atomic E-state index is 14.5. The lowest BCUT2D eigenvalue weighted by Crippen LogP contribution is -2.45. The second kappa shape index (κ2) is 10.1. The van der Waals surface area contributed by atoms with Crippen LogP contribution in [0.3, 0.4) is 0 Å². The van der Waals surface area contributed by atoms with Gasteiger partial charge < -0.3 is 0 Å². The van der Waals surface area contributed by atoms with Crippen molar-refractivity contribution >= 4 is 11.3 Å². The first-order valence-corrected chi connectivity index (χ1v) is 12.1. The molecular formula is C25H33FN4S. The van der Waals surface area contributed by atoms with E-state index in [-0.39, 0.29) is 5.82 Å². The highest BCUT2D eigenvalue weighted by atomic mass is 32.1. The fourth-order valence-corrected chi connectivity index (χ4v) is 5.56. The minimum absolute atomic E-state index is 0.0895. The van der Waals surface area contributed by atoms with Crippen molar-refractivity contribution in [1.82, 2.24) is 19.6 Å². The van der Waals surface area contributed by atoms with Gasteiger partial charge in [0.15, 0.2) is 0 Å². The Morgan fingerprint density at radius 3 is 2.61 bits per heavy atom. The van der Waals surface area contributed by atoms with Gasteiger partial charge in [-0.2, -0.15) is 16.4 Å². The van der Waals surface area contributed by atoms with Crippen molar-refractivity contribution < 1.29 is 4.39 Å². The summed E-state index contributed by atoms with van der Waals surface area (Å²) in [5.74, 6) is 0.466. The van der Waals surface area contributed by atoms with E-state index >= 15 is 0 Å². The van der Waals surface area contributed by atoms with Crippen molar-refractivity contribution in [1.29, 1.82) is 0 Å². The molecule has 0 radical (unpaired) electrons. The van der Waals surface area contributed by atoms with E-state index in [1.165, 1.54) is 11.1 Å². The van der Waals surface area contributed by atoms with Crippen molar-refractivity contribution in [3.05, 3.63) is 75.5 Å². The maximum atomic E-state index is 14.5. The average Bonchev–Trinajstić information content (AvgIpc) is 3.37. The number of hydrogen-bond acceptors (Lipinski definition) is 4. The molecule has 3 aromatic rings. The van der Waals surface area contributed by atoms with Crippen molar-refractivity contribution in [3.8, 4) is 0 Å². The number of hydrogen-bond donors (Lipinski definition) is 0. The van der Waals surface area contributed by atoms with Gasteiger partial charge in [-0.15, -0.1) is 0 Å². The van der Waals surface area contributed by atoms with Gasteiger partial charge in [-0.1, -0.05) is 18.2 Å². The Hall–Kier alpha value is -2.02. The SMILES string of the molecule is Cc1nn(C)cc1CN(C)C(Cc1ccccc1F)C1CCN(Cc2ccsc2)CC1. The third kappa shape index (κ3) is 5.62. The fourth-order valence-electron chi connectivity index (χ4n) is 4.90. The van der Waals surface area contributed by atoms with E-state index in [1.54, 1.807) is 23.5 Å². The van der Waals surface area contributed by atoms with E-state index < -0.39 is 0 Å². The molecule has 0 N–H and O–H groups in total. The summed E-state index contributed by atoms with van der Waals surface area (Å²) in [5.41, 5.74) is 4.56. The standard InChI is InChI=1S/C25H33FN4S/c1-19-23(17-29(3)27-19)16-28(2)25(14-22-6-4-5-7-24(22)26)21-8-11-30(12-9-21)15-20-10-13-31-18-20/h4-7,10,13,17-18,21,25H,8-9,11-12,14-16H2,1-3H3. The van der Waals surface area contributed by atoms with Crippen LogP contribution in [0, 0.1) is 18.7 Å². The predicted molar refractivity (Wildman–Crippen MR) is 126 cm³/mol. The molecule has 1 aromatic carbocycles. The normalized spacial score (nSPS) is 16.8. The quantitative estimate of drug-likeness (QED) is 0.499. The highest BCUT2D eigenvalue weighted by Crippen LogP contribution is 2.29. The summed E-state index contributed by atoms with van der Waals surface area (Å²) in [6, 6.07) is 9.78. The smallest absolute Gasteiger partial charge is 0.126 e. The van der Waals surface area contributed by atoms with Crippen molar-refractivity contribution in [2.24, 2.45) is 13.0 Å². The Kier molecular flexibility index (Phi) is 7.20. The first-order valence-electron chi connectivity index (χ1n) is 11.2. The molecule has 1 atom stereocenters. The molecule has 1 fully saturated rings. The molecule has 2 aromatic heterocycles. The monoisotopic (exact) mass is 440 g/mol. The molecule has 1 saturated heterocycles. The highest BCUT2D eigenvalue weighted by Gasteiger charge is 2.30. The second-order valence-electron chi connectivity index (χ2n) is 8.94. The van der Waals surface area contributed by atoms with Gasteiger partial charge >= 0.3 is 0 Å². The van der Waals surface area contributed by atoms with E-state index in [4.69, 9.17) is 0 Å². The van der Waals surface area contributed by atoms with E-state index in [1.807, 2.05) is 23.9 Å². The molecule has 0 spiro atoms. The Labute approximate surface area is 189 Å². The molecule has 0 amide bonds. The molecule has 1 aliphatic heterocycles. The number of rotatable bonds is 8. The Bertz CT molecular complexity index is 960. The molecular weight excluding hydrogens is 407 g/mol. The van der Waals surface area contributed by atoms with Crippen LogP contribution >= 0.6 is 11.3 Å². The predicted octanol–water partition coefficient (Wildman–Crippen LogP) is 4.88. The summed E-state index contributed by atoms with van der Waals surface area (Å²) in [7, 11) is 4.16. The van der Waals surface area contributed by atoms with Gasteiger partial charge in [0, 0.05) is 37.9 Å². The van der Waals surface area contributed by atoms with Crippen LogP contribution in [-0.4, -0.2) is 45.8 Å². The third-order valence-corrected chi connectivity index (χ3v) is 7.38. The number of thiophene rings is 1. The summed E-state index contributed by atoms with van der Waals surface area (Å²) in [5, 5.41) is 8.91. The second-order valence-corrected chi connectivity index (χ2v) is 9.72. The largest absolute Gasteiger partial charge is 0.299 e. The fraction of sp³-hybridized carbons (Fsp3) is 0.480. The van der Waals surface area contributed by atoms with Crippen LogP contribution in [0.2, 0.25) is 0 Å². The minimum atomic E-state index is -0.0895. The van der Waals surface area contributed by atoms with Gasteiger partial charge in [0.05, 0.1) is 5.69 Å². The van der Waals surface area contributed by atoms with Gasteiger partial charge in [0.2, 0.25) is 0 Å². The molecule has 4 nitrogen and oxygen atoms in total. The Morgan fingerprint density at radius 2 is 1.97 bits per heavy atom. The van der Waals surface area contributed by atoms with Gasteiger partial charge in [0.25, 0.3) is 0 Å². The van der Waals surface area contributed by atoms with Gasteiger partial charge in [-0.05, 0) is 86.3 Å². The molecule has 0 saturated carbocycles. The number of likely N-dealkylation sites (N-methyl/N-ethyl adjacent to an activating group) is 1. The molecule has 4 rings (SSSR count). The van der Waals surface area contributed by atoms with Crippen molar-refractivity contribution in [3.63, 3.8) is 0 Å². The molecule has 3 heterocycles. The van der Waals surface area contributed by atoms with Crippen LogP contribution in [0.1, 0.15) is 35.2 Å². The lowest BCUT2D eigenvalue weighted by Gasteiger charge is -2.40. The molecule has 6 heteroatoms. The molecule has 0 aliphatic carbocycles. The summed E-state index contributed by atoms with van der Waals surface area (Å²) in [6.45, 7) is 6.16. The first kappa shape index (κ1) is 22.2. The molecule has 1 unspecified atom stereocenters. The maximum Gasteiger partial charge on any atom is 0.126 e. The number of halogens is 1. The average molecular weight is 441 g/mol. The van der Waals surface area contributed by atoms with Crippen molar-refractivity contribution in [2.45, 2.75) is 45.3 Å². The van der Waals surface area contributed by atoms with Gasteiger partial charge in [-0.25, -0.2) is 4.39 Å². The van der Waals surface area contributed by atoms with Gasteiger partial charge in [-0.3, -0.25) is 14.5 Å². The van der Waals surface area contributed by atoms with Crippen LogP contribution in [0.15, 0.2) is 47.3 Å². The highest BCUT2D eigenvalue weighted by molar-refractivity contribution is 7.07. The third-order valence-electron chi connectivity index (χ3n) is 6.65. The zero-order chi connectivity index (χ0) is 21.8. The number of aromatic nitrogens is 2. The summed E-state index contributed by atoms with van der Waals surface area (Å²) in [4.78, 5) is 4.99. The van der Waals surface area contributed by atoms with E-state index in [0.29, 0.717) is 12.0 Å². The number of likely N-dealkylation sites (tertiary alicyclic amines) is 1. The number of nitrogens with zero attached hydrogens (tertiary/aromatic N) is 4. The number of benzene rings is 1. The zero-order valence-electron chi connectivity index (χ0n) is 18.8. The van der Waals surface area contributed by atoms with E-state index in [2.05, 4.69) is 51.9 Å². The number of piperidine rings is 1. The topological polar surface area (TPSA) is 24.3 Å². The molecule has 31 heavy (non-hydrogen) atoms. The van der Waals surface area contributed by atoms with E-state index in [9.17, 15) is 4.39 Å². The van der Waals surface area contributed by atoms with Crippen LogP contribution in [-0.2, 0) is 26.6 Å². The molecule has 0 bridgehead atoms. The Morgan fingerprint density at radius 1 is 1.19 bits per heavy atom. The van der Waals surface area contributed by atoms with Crippen LogP contribution in [0.4, 0.5) is 4.39 Å². The van der Waals surface area contributed by atoms with Crippen LogP contribution < -0.4 is 0 Å². The van der Waals surface area contributed by atoms with E-state index in [0.717, 1.165) is 56.7 Å². The number of aryl methyl sites for hydroxylation is 2. The molecule has 166 valence electrons. The first-order chi connectivity index (χ1) is 15.0. The zero-order valence-corrected chi connectivity index (χ0v) is 19.6. The van der Waals surface area contributed by atoms with Crippen molar-refractivity contribution in [2.75, 3.05) is 20.1 Å². The lowest BCUT2D eigenvalue weighted by atomic mass is 9.84. The van der Waals surface area contributed by atoms with Crippen LogP contribution in [0.25, 0.3) is 0 Å². The lowest BCUT2D eigenvalue weighted by molar-refractivity contribution is 0.0949.